The summed E-state index contributed by atoms with van der Waals surface area (Å²) >= 11 is -1.50. The van der Waals surface area contributed by atoms with Crippen LogP contribution in [-0.4, -0.2) is 152 Å². The lowest BCUT2D eigenvalue weighted by Gasteiger charge is -2.42. The molecule has 8 aromatic heterocycles. The van der Waals surface area contributed by atoms with E-state index in [1.807, 2.05) is 167 Å². The molecule has 26 nitrogen and oxygen atoms in total. The molecule has 0 aliphatic carbocycles. The van der Waals surface area contributed by atoms with Crippen LogP contribution in [0.25, 0.3) is 78.5 Å². The molecule has 10 aromatic rings. The molecule has 12 rings (SSSR count). The number of fused-ring (bicyclic) bond motifs is 2. The highest BCUT2D eigenvalue weighted by molar-refractivity contribution is 7.90. The zero-order valence-corrected chi connectivity index (χ0v) is 61.8. The van der Waals surface area contributed by atoms with Crippen LogP contribution in [0.15, 0.2) is 124 Å². The number of piperidine rings is 2. The van der Waals surface area contributed by atoms with Crippen molar-refractivity contribution in [2.45, 2.75) is 152 Å². The topological polar surface area (TPSA) is 339 Å². The van der Waals surface area contributed by atoms with Crippen molar-refractivity contribution in [3.05, 3.63) is 144 Å². The first kappa shape index (κ1) is 76.1. The van der Waals surface area contributed by atoms with E-state index in [1.165, 1.54) is 6.20 Å². The number of pyridine rings is 2. The molecule has 0 saturated carbocycles. The monoisotopic (exact) mass is 1420 g/mol. The van der Waals surface area contributed by atoms with Crippen LogP contribution in [0.3, 0.4) is 0 Å². The van der Waals surface area contributed by atoms with Gasteiger partial charge in [0.1, 0.15) is 34.0 Å². The van der Waals surface area contributed by atoms with Crippen LogP contribution in [-0.2, 0) is 42.5 Å². The summed E-state index contributed by atoms with van der Waals surface area (Å²) in [6.45, 7) is 33.8. The van der Waals surface area contributed by atoms with Gasteiger partial charge in [-0.15, -0.1) is 0 Å². The van der Waals surface area contributed by atoms with Gasteiger partial charge in [0.2, 0.25) is 20.9 Å². The van der Waals surface area contributed by atoms with Crippen LogP contribution < -0.4 is 11.1 Å². The molecule has 2 saturated heterocycles. The van der Waals surface area contributed by atoms with Gasteiger partial charge >= 0.3 is 35.3 Å². The summed E-state index contributed by atoms with van der Waals surface area (Å²) in [7, 11) is -3.56. The van der Waals surface area contributed by atoms with Crippen LogP contribution in [0.5, 0.6) is 0 Å². The molecule has 2 aromatic carbocycles. The summed E-state index contributed by atoms with van der Waals surface area (Å²) in [4.78, 5) is 56.6. The van der Waals surface area contributed by atoms with Gasteiger partial charge in [-0.1, -0.05) is 74.4 Å². The Kier molecular flexibility index (Phi) is 23.8. The molecule has 530 valence electrons. The van der Waals surface area contributed by atoms with Crippen molar-refractivity contribution in [2.24, 2.45) is 16.6 Å². The Morgan fingerprint density at radius 2 is 1.00 bits per heavy atom. The third-order valence-electron chi connectivity index (χ3n) is 16.1. The number of ether oxygens (including phenoxy) is 2. The average molecular weight is 1420 g/mol. The van der Waals surface area contributed by atoms with Gasteiger partial charge in [0.25, 0.3) is 0 Å². The Morgan fingerprint density at radius 1 is 0.590 bits per heavy atom. The van der Waals surface area contributed by atoms with E-state index in [1.54, 1.807) is 9.80 Å². The number of nitrogens with two attached hydrogens (primary N) is 1. The zero-order valence-electron chi connectivity index (χ0n) is 59.4. The molecule has 0 radical (unpaired) electrons. The minimum Gasteiger partial charge on any atom is -0.444 e. The highest BCUT2D eigenvalue weighted by Crippen LogP contribution is 2.39. The number of aromatic nitrogens is 10. The molecule has 2 aliphatic heterocycles. The van der Waals surface area contributed by atoms with Crippen LogP contribution in [0.4, 0.5) is 15.5 Å². The molecule has 29 heteroatoms. The molecular weight excluding hydrogens is 1340 g/mol. The SMILES string of the molecule is CC1(C)C[C@H](N)CN(C(=O)OC(C)(C)C)C1.Cc1cnc(N[C@@H]2CN(C(=O)OC(C)(C)C)CC(C)(C)C2)nc1-c1cn(-c2ccccc2)c2nc(-c3c(C)noc3C)ccc12.Cc1cnc(S(C)(=O)=O)nc1-c1cn(-c2ccccc2)c2nc(-c3c(C)noc3C)ccc12.O=S=O.O=S=O. The van der Waals surface area contributed by atoms with Crippen LogP contribution in [0, 0.1) is 52.4 Å². The molecule has 2 amide bonds. The van der Waals surface area contributed by atoms with Gasteiger partial charge in [-0.3, -0.25) is 0 Å². The minimum atomic E-state index is -3.56. The summed E-state index contributed by atoms with van der Waals surface area (Å²) in [5.74, 6) is 1.95. The summed E-state index contributed by atoms with van der Waals surface area (Å²) < 4.78 is 83.3. The molecule has 10 heterocycles. The number of nitrogens with zero attached hydrogens (tertiary/aromatic N) is 12. The highest BCUT2D eigenvalue weighted by atomic mass is 32.2. The number of carbonyl (C=O) groups is 2. The second kappa shape index (κ2) is 31.2. The number of hydrogen-bond donors (Lipinski definition) is 2. The molecule has 3 N–H and O–H groups in total. The van der Waals surface area contributed by atoms with E-state index in [0.717, 1.165) is 121 Å². The fourth-order valence-electron chi connectivity index (χ4n) is 12.3. The quantitative estimate of drug-likeness (QED) is 0.127. The van der Waals surface area contributed by atoms with E-state index in [0.29, 0.717) is 42.7 Å². The first-order valence-corrected chi connectivity index (χ1v) is 35.4. The van der Waals surface area contributed by atoms with Crippen molar-refractivity contribution in [1.29, 1.82) is 0 Å². The highest BCUT2D eigenvalue weighted by Gasteiger charge is 2.38. The first-order valence-electron chi connectivity index (χ1n) is 32.1. The summed E-state index contributed by atoms with van der Waals surface area (Å²) in [6.07, 6.45) is 9.78. The maximum Gasteiger partial charge on any atom is 0.410 e. The minimum absolute atomic E-state index is 0.0400. The lowest BCUT2D eigenvalue weighted by Crippen LogP contribution is -2.53. The lowest BCUT2D eigenvalue weighted by molar-refractivity contribution is 0.00569. The van der Waals surface area contributed by atoms with E-state index in [2.05, 4.69) is 87.2 Å². The third kappa shape index (κ3) is 19.0. The number of nitrogens with one attached hydrogen (secondary N) is 1. The maximum atomic E-state index is 13.0. The van der Waals surface area contributed by atoms with Gasteiger partial charge in [-0.25, -0.2) is 47.9 Å². The summed E-state index contributed by atoms with van der Waals surface area (Å²) in [5.41, 5.74) is 18.1. The number of rotatable bonds is 9. The number of hydrogen-bond acceptors (Lipinski definition) is 22. The standard InChI is InChI=1S/C35H41N7O3.C24H21N5O3S.C12H24N2O2.2O2S/c1-21-17-36-32(37-24-16-35(7,8)20-41(18-24)33(43)44-34(4,5)6)39-30(21)27-19-42(25-12-10-9-11-13-25)31-26(27)14-15-28(38-31)29-22(2)40-45-23(29)3;1-14-12-25-24(33(4,30)31)27-22(14)19-13-29(17-8-6-5-7-9-17)23-18(19)10-11-20(26-23)21-15(2)28-32-16(21)3;1-11(2,3)16-10(15)14-7-9(13)6-12(4,5)8-14;2*1-3-2/h9-15,17,19,24H,16,18,20H2,1-8H3,(H,36,37,39);5-13H,1-4H3;9H,6-8,13H2,1-5H3;;/t24-;;9-;;/m0.0../s1. The zero-order chi connectivity index (χ0) is 73.4. The van der Waals surface area contributed by atoms with Crippen molar-refractivity contribution >= 4 is 73.2 Å². The molecule has 2 atom stereocenters. The van der Waals surface area contributed by atoms with Gasteiger partial charge in [0.15, 0.2) is 0 Å². The Balaban J connectivity index is 0.000000201. The van der Waals surface area contributed by atoms with Crippen molar-refractivity contribution in [2.75, 3.05) is 37.8 Å². The predicted octanol–water partition coefficient (Wildman–Crippen LogP) is 12.6. The molecular formula is C71H86N14O12S3. The number of anilines is 1. The second-order valence-corrected chi connectivity index (χ2v) is 30.6. The third-order valence-corrected chi connectivity index (χ3v) is 17.0. The number of para-hydroxylation sites is 2. The number of amides is 2. The fourth-order valence-corrected chi connectivity index (χ4v) is 12.8. The Hall–Kier alpha value is -9.71. The largest absolute Gasteiger partial charge is 0.444 e. The van der Waals surface area contributed by atoms with Crippen molar-refractivity contribution < 1.29 is 53.4 Å². The molecule has 2 fully saturated rings. The van der Waals surface area contributed by atoms with Gasteiger partial charge in [0, 0.05) is 103 Å². The van der Waals surface area contributed by atoms with E-state index in [4.69, 9.17) is 56.0 Å². The number of benzene rings is 2. The van der Waals surface area contributed by atoms with Crippen LogP contribution in [0.2, 0.25) is 0 Å². The normalized spacial score (nSPS) is 15.7. The smallest absolute Gasteiger partial charge is 0.410 e. The second-order valence-electron chi connectivity index (χ2n) is 28.4. The fraction of sp³-hybridized carbons (Fsp3) is 0.408. The van der Waals surface area contributed by atoms with Gasteiger partial charge in [-0.05, 0) is 166 Å². The summed E-state index contributed by atoms with van der Waals surface area (Å²) in [5, 5.41) is 13.3. The number of aryl methyl sites for hydroxylation is 6. The molecule has 0 unspecified atom stereocenters. The number of likely N-dealkylation sites (tertiary alicyclic amines) is 2. The van der Waals surface area contributed by atoms with E-state index >= 15 is 0 Å². The van der Waals surface area contributed by atoms with Crippen molar-refractivity contribution in [3.63, 3.8) is 0 Å². The van der Waals surface area contributed by atoms with E-state index in [-0.39, 0.29) is 40.3 Å². The van der Waals surface area contributed by atoms with Crippen LogP contribution >= 0.6 is 0 Å². The van der Waals surface area contributed by atoms with E-state index in [9.17, 15) is 18.0 Å². The molecule has 2 aliphatic rings. The number of sulfone groups is 1. The first-order chi connectivity index (χ1) is 46.9. The average Bonchev–Trinajstić information content (AvgIpc) is 1.60. The van der Waals surface area contributed by atoms with Gasteiger partial charge in [0.05, 0.1) is 45.3 Å². The molecule has 0 bridgehead atoms. The van der Waals surface area contributed by atoms with E-state index < -0.39 is 44.2 Å². The summed E-state index contributed by atoms with van der Waals surface area (Å²) in [6, 6.07) is 28.0. The van der Waals surface area contributed by atoms with Gasteiger partial charge < -0.3 is 48.5 Å². The predicted molar refractivity (Wildman–Crippen MR) is 382 cm³/mol. The maximum absolute atomic E-state index is 13.0. The lowest BCUT2D eigenvalue weighted by atomic mass is 9.82. The van der Waals surface area contributed by atoms with Crippen molar-refractivity contribution in [1.82, 2.24) is 59.2 Å². The molecule has 100 heavy (non-hydrogen) atoms. The Bertz CT molecular complexity index is 4720. The molecule has 0 spiro atoms. The Labute approximate surface area is 589 Å². The number of carbonyl (C=O) groups excluding carboxylic acids is 2. The van der Waals surface area contributed by atoms with Gasteiger partial charge in [-0.2, -0.15) is 16.8 Å². The Morgan fingerprint density at radius 3 is 1.40 bits per heavy atom. The van der Waals surface area contributed by atoms with Crippen LogP contribution in [0.1, 0.15) is 116 Å². The van der Waals surface area contributed by atoms with Crippen molar-refractivity contribution in [3.8, 4) is 56.4 Å².